The molecule has 0 radical (unpaired) electrons. The number of aromatic amines is 1. The molecule has 0 aliphatic carbocycles. The highest BCUT2D eigenvalue weighted by atomic mass is 16.4. The van der Waals surface area contributed by atoms with Crippen molar-refractivity contribution in [2.24, 2.45) is 11.5 Å². The molecule has 4 amide bonds. The van der Waals surface area contributed by atoms with Crippen LogP contribution in [0.25, 0.3) is 0 Å². The Morgan fingerprint density at radius 3 is 2.24 bits per heavy atom. The smallest absolute Gasteiger partial charge is 0.326 e. The van der Waals surface area contributed by atoms with Gasteiger partial charge in [-0.1, -0.05) is 30.3 Å². The van der Waals surface area contributed by atoms with Crippen LogP contribution in [0.1, 0.15) is 24.1 Å². The number of carboxylic acids is 1. The van der Waals surface area contributed by atoms with Gasteiger partial charge in [0.1, 0.15) is 18.1 Å². The van der Waals surface area contributed by atoms with Crippen LogP contribution in [0.4, 0.5) is 0 Å². The lowest BCUT2D eigenvalue weighted by atomic mass is 10.1. The summed E-state index contributed by atoms with van der Waals surface area (Å²) in [5.41, 5.74) is 11.8. The van der Waals surface area contributed by atoms with Gasteiger partial charge >= 0.3 is 5.97 Å². The zero-order valence-electron chi connectivity index (χ0n) is 22.3. The van der Waals surface area contributed by atoms with E-state index in [9.17, 15) is 29.1 Å². The molecular formula is C25H36N10O6. The van der Waals surface area contributed by atoms with Crippen molar-refractivity contribution >= 4 is 35.6 Å². The van der Waals surface area contributed by atoms with Gasteiger partial charge in [0.2, 0.25) is 23.6 Å². The first-order valence-electron chi connectivity index (χ1n) is 12.8. The lowest BCUT2D eigenvalue weighted by Gasteiger charge is -2.23. The van der Waals surface area contributed by atoms with E-state index >= 15 is 0 Å². The SMILES string of the molecule is N=C(N)NCCC[C@H](NC(=O)[C@H](Cc1c[nH]cn1)NC(=O)CN)C(=O)NCC(=O)N[C@@H](Cc1ccccc1)C(=O)O. The number of imidazole rings is 1. The number of nitrogens with two attached hydrogens (primary N) is 2. The maximum Gasteiger partial charge on any atom is 0.326 e. The summed E-state index contributed by atoms with van der Waals surface area (Å²) in [5.74, 6) is -4.23. The Labute approximate surface area is 235 Å². The number of H-pyrrole nitrogens is 1. The Bertz CT molecular complexity index is 1170. The number of aliphatic carboxylic acids is 1. The molecule has 222 valence electrons. The van der Waals surface area contributed by atoms with Crippen LogP contribution in [0.3, 0.4) is 0 Å². The lowest BCUT2D eigenvalue weighted by molar-refractivity contribution is -0.141. The molecule has 0 aliphatic heterocycles. The summed E-state index contributed by atoms with van der Waals surface area (Å²) in [6.45, 7) is -0.673. The number of carbonyl (C=O) groups is 5. The van der Waals surface area contributed by atoms with Crippen molar-refractivity contribution in [2.75, 3.05) is 19.6 Å². The molecule has 0 unspecified atom stereocenters. The second kappa shape index (κ2) is 16.9. The molecule has 0 saturated carbocycles. The Balaban J connectivity index is 2.04. The molecule has 16 nitrogen and oxygen atoms in total. The molecule has 0 spiro atoms. The van der Waals surface area contributed by atoms with E-state index in [0.29, 0.717) is 17.7 Å². The highest BCUT2D eigenvalue weighted by Crippen LogP contribution is 2.05. The van der Waals surface area contributed by atoms with Gasteiger partial charge in [-0.25, -0.2) is 9.78 Å². The third kappa shape index (κ3) is 12.2. The summed E-state index contributed by atoms with van der Waals surface area (Å²) in [4.78, 5) is 69.0. The molecular weight excluding hydrogens is 536 g/mol. The standard InChI is InChI=1S/C25H36N10O6/c26-11-20(36)33-18(10-16-12-29-14-32-16)23(39)35-17(7-4-8-30-25(27)28)22(38)31-13-21(37)34-19(24(40)41)9-15-5-2-1-3-6-15/h1-3,5-6,12,14,17-19H,4,7-11,13,26H2,(H,29,32)(H,31,38)(H,33,36)(H,34,37)(H,35,39)(H,40,41)(H4,27,28,30)/t17-,18-,19-/m0/s1. The van der Waals surface area contributed by atoms with Crippen LogP contribution in [0.15, 0.2) is 42.9 Å². The normalized spacial score (nSPS) is 12.7. The minimum absolute atomic E-state index is 0.0156. The van der Waals surface area contributed by atoms with Crippen molar-refractivity contribution < 1.29 is 29.1 Å². The first-order chi connectivity index (χ1) is 19.6. The van der Waals surface area contributed by atoms with Crippen LogP contribution in [0, 0.1) is 5.41 Å². The summed E-state index contributed by atoms with van der Waals surface area (Å²) < 4.78 is 0. The van der Waals surface area contributed by atoms with Crippen molar-refractivity contribution in [3.8, 4) is 0 Å². The quantitative estimate of drug-likeness (QED) is 0.0523. The predicted molar refractivity (Wildman–Crippen MR) is 147 cm³/mol. The van der Waals surface area contributed by atoms with Crippen molar-refractivity contribution in [3.05, 3.63) is 54.1 Å². The Morgan fingerprint density at radius 1 is 0.927 bits per heavy atom. The van der Waals surface area contributed by atoms with Gasteiger partial charge in [0.25, 0.3) is 0 Å². The fourth-order valence-electron chi connectivity index (χ4n) is 3.73. The number of amides is 4. The van der Waals surface area contributed by atoms with Gasteiger partial charge in [0.15, 0.2) is 5.96 Å². The van der Waals surface area contributed by atoms with Gasteiger partial charge < -0.3 is 48.1 Å². The van der Waals surface area contributed by atoms with E-state index in [4.69, 9.17) is 16.9 Å². The van der Waals surface area contributed by atoms with Gasteiger partial charge in [0.05, 0.1) is 25.1 Å². The fraction of sp³-hybridized carbons (Fsp3) is 0.400. The van der Waals surface area contributed by atoms with Gasteiger partial charge in [-0.2, -0.15) is 0 Å². The number of hydrogen-bond acceptors (Lipinski definition) is 8. The third-order valence-corrected chi connectivity index (χ3v) is 5.76. The number of nitrogens with zero attached hydrogens (tertiary/aromatic N) is 1. The van der Waals surface area contributed by atoms with E-state index in [1.54, 1.807) is 36.5 Å². The van der Waals surface area contributed by atoms with Crippen LogP contribution in [-0.2, 0) is 36.8 Å². The number of carbonyl (C=O) groups excluding carboxylic acids is 4. The van der Waals surface area contributed by atoms with Crippen LogP contribution in [-0.4, -0.2) is 88.4 Å². The number of hydrogen-bond donors (Lipinski definition) is 10. The number of guanidine groups is 1. The highest BCUT2D eigenvalue weighted by Gasteiger charge is 2.28. The van der Waals surface area contributed by atoms with E-state index in [1.165, 1.54) is 6.33 Å². The molecule has 2 rings (SSSR count). The van der Waals surface area contributed by atoms with Crippen LogP contribution in [0.5, 0.6) is 0 Å². The molecule has 16 heteroatoms. The lowest BCUT2D eigenvalue weighted by Crippen LogP contribution is -2.56. The maximum absolute atomic E-state index is 13.1. The molecule has 2 aromatic rings. The second-order valence-electron chi connectivity index (χ2n) is 9.00. The monoisotopic (exact) mass is 572 g/mol. The molecule has 0 aliphatic rings. The molecule has 12 N–H and O–H groups in total. The van der Waals surface area contributed by atoms with E-state index in [0.717, 1.165) is 0 Å². The Kier molecular flexibility index (Phi) is 13.3. The zero-order chi connectivity index (χ0) is 30.2. The topological polar surface area (TPSA) is 270 Å². The van der Waals surface area contributed by atoms with Crippen molar-refractivity contribution in [2.45, 2.75) is 43.8 Å². The van der Waals surface area contributed by atoms with Crippen LogP contribution < -0.4 is 38.1 Å². The third-order valence-electron chi connectivity index (χ3n) is 5.76. The Hall–Kier alpha value is -4.99. The number of benzene rings is 1. The summed E-state index contributed by atoms with van der Waals surface area (Å²) in [6.07, 6.45) is 3.42. The van der Waals surface area contributed by atoms with Gasteiger partial charge in [-0.05, 0) is 18.4 Å². The van der Waals surface area contributed by atoms with E-state index in [2.05, 4.69) is 36.6 Å². The molecule has 1 heterocycles. The zero-order valence-corrected chi connectivity index (χ0v) is 22.3. The summed E-state index contributed by atoms with van der Waals surface area (Å²) >= 11 is 0. The molecule has 41 heavy (non-hydrogen) atoms. The van der Waals surface area contributed by atoms with Gasteiger partial charge in [-0.15, -0.1) is 0 Å². The minimum Gasteiger partial charge on any atom is -0.480 e. The van der Waals surface area contributed by atoms with Gasteiger partial charge in [0, 0.05) is 25.6 Å². The predicted octanol–water partition coefficient (Wildman–Crippen LogP) is -2.93. The summed E-state index contributed by atoms with van der Waals surface area (Å²) in [7, 11) is 0. The fourth-order valence-corrected chi connectivity index (χ4v) is 3.73. The molecule has 0 saturated heterocycles. The molecule has 0 bridgehead atoms. The molecule has 1 aromatic heterocycles. The van der Waals surface area contributed by atoms with Crippen LogP contribution in [0.2, 0.25) is 0 Å². The van der Waals surface area contributed by atoms with Crippen LogP contribution >= 0.6 is 0 Å². The molecule has 3 atom stereocenters. The minimum atomic E-state index is -1.24. The average molecular weight is 573 g/mol. The number of carboxylic acid groups (broad SMARTS) is 1. The van der Waals surface area contributed by atoms with Crippen molar-refractivity contribution in [1.82, 2.24) is 36.6 Å². The summed E-state index contributed by atoms with van der Waals surface area (Å²) in [5, 5.41) is 29.2. The molecule has 1 aromatic carbocycles. The molecule has 0 fully saturated rings. The van der Waals surface area contributed by atoms with Gasteiger partial charge in [-0.3, -0.25) is 24.6 Å². The number of aromatic nitrogens is 2. The Morgan fingerprint density at radius 2 is 1.63 bits per heavy atom. The number of rotatable bonds is 17. The van der Waals surface area contributed by atoms with E-state index < -0.39 is 54.3 Å². The highest BCUT2D eigenvalue weighted by molar-refractivity contribution is 5.94. The maximum atomic E-state index is 13.1. The van der Waals surface area contributed by atoms with Crippen molar-refractivity contribution in [1.29, 1.82) is 5.41 Å². The van der Waals surface area contributed by atoms with E-state index in [1.807, 2.05) is 0 Å². The number of nitrogens with one attached hydrogen (secondary N) is 7. The summed E-state index contributed by atoms with van der Waals surface area (Å²) in [6, 6.07) is 5.28. The second-order valence-corrected chi connectivity index (χ2v) is 9.00. The van der Waals surface area contributed by atoms with Crippen molar-refractivity contribution in [3.63, 3.8) is 0 Å². The largest absolute Gasteiger partial charge is 0.480 e. The average Bonchev–Trinajstić information content (AvgIpc) is 3.46. The first kappa shape index (κ1) is 32.2. The first-order valence-corrected chi connectivity index (χ1v) is 12.8. The van der Waals surface area contributed by atoms with E-state index in [-0.39, 0.29) is 38.3 Å².